The molecule has 1 aromatic heterocycles. The first-order valence-electron chi connectivity index (χ1n) is 7.17. The first kappa shape index (κ1) is 15.2. The van der Waals surface area contributed by atoms with Crippen molar-refractivity contribution in [3.63, 3.8) is 0 Å². The average molecular weight is 252 g/mol. The fourth-order valence-corrected chi connectivity index (χ4v) is 2.14. The SMILES string of the molecule is CCCn1nc(C)cc1CNCCN(CC)CC. The lowest BCUT2D eigenvalue weighted by Crippen LogP contribution is -2.32. The third-order valence-corrected chi connectivity index (χ3v) is 3.23. The fraction of sp³-hybridized carbons (Fsp3) is 0.786. The molecule has 4 nitrogen and oxygen atoms in total. The maximum Gasteiger partial charge on any atom is 0.0597 e. The van der Waals surface area contributed by atoms with Crippen molar-refractivity contribution in [2.75, 3.05) is 26.2 Å². The third-order valence-electron chi connectivity index (χ3n) is 3.23. The van der Waals surface area contributed by atoms with Crippen molar-refractivity contribution in [2.24, 2.45) is 0 Å². The summed E-state index contributed by atoms with van der Waals surface area (Å²) >= 11 is 0. The zero-order valence-electron chi connectivity index (χ0n) is 12.4. The Morgan fingerprint density at radius 2 is 2.00 bits per heavy atom. The molecule has 0 spiro atoms. The summed E-state index contributed by atoms with van der Waals surface area (Å²) < 4.78 is 2.12. The zero-order valence-corrected chi connectivity index (χ0v) is 12.4. The molecule has 0 aliphatic heterocycles. The van der Waals surface area contributed by atoms with Crippen molar-refractivity contribution < 1.29 is 0 Å². The lowest BCUT2D eigenvalue weighted by Gasteiger charge is -2.18. The minimum Gasteiger partial charge on any atom is -0.310 e. The molecule has 0 saturated heterocycles. The Morgan fingerprint density at radius 3 is 2.61 bits per heavy atom. The van der Waals surface area contributed by atoms with Gasteiger partial charge in [-0.25, -0.2) is 0 Å². The van der Waals surface area contributed by atoms with Gasteiger partial charge in [0.25, 0.3) is 0 Å². The second-order valence-corrected chi connectivity index (χ2v) is 4.70. The molecule has 0 fully saturated rings. The van der Waals surface area contributed by atoms with Gasteiger partial charge < -0.3 is 10.2 Å². The molecular formula is C14H28N4. The van der Waals surface area contributed by atoms with E-state index >= 15 is 0 Å². The van der Waals surface area contributed by atoms with Crippen LogP contribution in [0.5, 0.6) is 0 Å². The molecule has 0 aliphatic rings. The highest BCUT2D eigenvalue weighted by Gasteiger charge is 2.04. The lowest BCUT2D eigenvalue weighted by atomic mass is 10.3. The molecule has 0 aliphatic carbocycles. The van der Waals surface area contributed by atoms with Gasteiger partial charge in [-0.1, -0.05) is 20.8 Å². The van der Waals surface area contributed by atoms with Crippen LogP contribution >= 0.6 is 0 Å². The topological polar surface area (TPSA) is 33.1 Å². The number of aromatic nitrogens is 2. The number of hydrogen-bond donors (Lipinski definition) is 1. The normalized spacial score (nSPS) is 11.4. The highest BCUT2D eigenvalue weighted by molar-refractivity contribution is 5.08. The van der Waals surface area contributed by atoms with Crippen molar-refractivity contribution in [1.29, 1.82) is 0 Å². The van der Waals surface area contributed by atoms with E-state index in [4.69, 9.17) is 0 Å². The fourth-order valence-electron chi connectivity index (χ4n) is 2.14. The molecule has 0 aromatic carbocycles. The molecule has 1 heterocycles. The van der Waals surface area contributed by atoms with Crippen LogP contribution in [0.1, 0.15) is 38.6 Å². The van der Waals surface area contributed by atoms with Crippen molar-refractivity contribution in [2.45, 2.75) is 47.2 Å². The van der Waals surface area contributed by atoms with Crippen LogP contribution in [-0.4, -0.2) is 40.9 Å². The standard InChI is InChI=1S/C14H28N4/c1-5-9-18-14(11-13(4)16-18)12-15-8-10-17(6-2)7-3/h11,15H,5-10,12H2,1-4H3. The van der Waals surface area contributed by atoms with Crippen LogP contribution in [0.25, 0.3) is 0 Å². The first-order valence-corrected chi connectivity index (χ1v) is 7.17. The molecular weight excluding hydrogens is 224 g/mol. The van der Waals surface area contributed by atoms with Crippen LogP contribution in [0, 0.1) is 6.92 Å². The van der Waals surface area contributed by atoms with E-state index in [0.29, 0.717) is 0 Å². The quantitative estimate of drug-likeness (QED) is 0.683. The van der Waals surface area contributed by atoms with Crippen LogP contribution in [-0.2, 0) is 13.1 Å². The van der Waals surface area contributed by atoms with E-state index < -0.39 is 0 Å². The minimum atomic E-state index is 0.919. The Labute approximate surface area is 111 Å². The van der Waals surface area contributed by atoms with Crippen molar-refractivity contribution in [3.8, 4) is 0 Å². The number of aryl methyl sites for hydroxylation is 2. The van der Waals surface area contributed by atoms with E-state index in [1.54, 1.807) is 0 Å². The van der Waals surface area contributed by atoms with E-state index in [2.05, 4.69) is 53.8 Å². The third kappa shape index (κ3) is 4.78. The average Bonchev–Trinajstić information content (AvgIpc) is 2.70. The number of nitrogens with zero attached hydrogens (tertiary/aromatic N) is 3. The summed E-state index contributed by atoms with van der Waals surface area (Å²) in [6.45, 7) is 15.0. The van der Waals surface area contributed by atoms with Gasteiger partial charge in [0.15, 0.2) is 0 Å². The molecule has 0 radical (unpaired) electrons. The van der Waals surface area contributed by atoms with E-state index in [1.807, 2.05) is 0 Å². The van der Waals surface area contributed by atoms with Crippen LogP contribution in [0.4, 0.5) is 0 Å². The second-order valence-electron chi connectivity index (χ2n) is 4.70. The van der Waals surface area contributed by atoms with E-state index in [-0.39, 0.29) is 0 Å². The van der Waals surface area contributed by atoms with Gasteiger partial charge >= 0.3 is 0 Å². The largest absolute Gasteiger partial charge is 0.310 e. The van der Waals surface area contributed by atoms with E-state index in [1.165, 1.54) is 5.69 Å². The summed E-state index contributed by atoms with van der Waals surface area (Å²) in [6.07, 6.45) is 1.13. The van der Waals surface area contributed by atoms with Gasteiger partial charge in [0.05, 0.1) is 11.4 Å². The van der Waals surface area contributed by atoms with Gasteiger partial charge in [-0.05, 0) is 32.5 Å². The molecule has 0 unspecified atom stereocenters. The van der Waals surface area contributed by atoms with Gasteiger partial charge in [0.2, 0.25) is 0 Å². The first-order chi connectivity index (χ1) is 8.71. The predicted octanol–water partition coefficient (Wildman–Crippen LogP) is 2.03. The van der Waals surface area contributed by atoms with Crippen LogP contribution in [0.3, 0.4) is 0 Å². The number of likely N-dealkylation sites (N-methyl/N-ethyl adjacent to an activating group) is 1. The molecule has 0 amide bonds. The summed E-state index contributed by atoms with van der Waals surface area (Å²) in [5.41, 5.74) is 2.41. The van der Waals surface area contributed by atoms with Crippen LogP contribution < -0.4 is 5.32 Å². The van der Waals surface area contributed by atoms with E-state index in [0.717, 1.165) is 51.4 Å². The molecule has 104 valence electrons. The number of nitrogens with one attached hydrogen (secondary N) is 1. The van der Waals surface area contributed by atoms with Gasteiger partial charge in [0, 0.05) is 26.2 Å². The van der Waals surface area contributed by atoms with Crippen molar-refractivity contribution in [3.05, 3.63) is 17.5 Å². The summed E-state index contributed by atoms with van der Waals surface area (Å²) in [6, 6.07) is 2.18. The molecule has 0 saturated carbocycles. The minimum absolute atomic E-state index is 0.919. The van der Waals surface area contributed by atoms with Crippen LogP contribution in [0.2, 0.25) is 0 Å². The molecule has 0 bridgehead atoms. The van der Waals surface area contributed by atoms with Gasteiger partial charge in [-0.2, -0.15) is 5.10 Å². The molecule has 4 heteroatoms. The molecule has 0 atom stereocenters. The predicted molar refractivity (Wildman–Crippen MR) is 76.7 cm³/mol. The second kappa shape index (κ2) is 8.27. The monoisotopic (exact) mass is 252 g/mol. The molecule has 1 N–H and O–H groups in total. The van der Waals surface area contributed by atoms with Gasteiger partial charge in [-0.15, -0.1) is 0 Å². The van der Waals surface area contributed by atoms with Crippen molar-refractivity contribution >= 4 is 0 Å². The van der Waals surface area contributed by atoms with Crippen molar-refractivity contribution in [1.82, 2.24) is 20.0 Å². The summed E-state index contributed by atoms with van der Waals surface area (Å²) in [5, 5.41) is 8.02. The molecule has 1 aromatic rings. The highest BCUT2D eigenvalue weighted by Crippen LogP contribution is 2.04. The maximum atomic E-state index is 4.51. The van der Waals surface area contributed by atoms with Gasteiger partial charge in [0.1, 0.15) is 0 Å². The number of rotatable bonds is 9. The zero-order chi connectivity index (χ0) is 13.4. The van der Waals surface area contributed by atoms with Crippen LogP contribution in [0.15, 0.2) is 6.07 Å². The highest BCUT2D eigenvalue weighted by atomic mass is 15.3. The number of hydrogen-bond acceptors (Lipinski definition) is 3. The Morgan fingerprint density at radius 1 is 1.28 bits per heavy atom. The molecule has 18 heavy (non-hydrogen) atoms. The lowest BCUT2D eigenvalue weighted by molar-refractivity contribution is 0.301. The Bertz CT molecular complexity index is 329. The Kier molecular flexibility index (Phi) is 6.98. The maximum absolute atomic E-state index is 4.51. The smallest absolute Gasteiger partial charge is 0.0597 e. The Balaban J connectivity index is 2.34. The summed E-state index contributed by atoms with van der Waals surface area (Å²) in [5.74, 6) is 0. The van der Waals surface area contributed by atoms with E-state index in [9.17, 15) is 0 Å². The summed E-state index contributed by atoms with van der Waals surface area (Å²) in [4.78, 5) is 2.43. The van der Waals surface area contributed by atoms with Gasteiger partial charge in [-0.3, -0.25) is 4.68 Å². The summed E-state index contributed by atoms with van der Waals surface area (Å²) in [7, 11) is 0. The Hall–Kier alpha value is -0.870. The molecule has 1 rings (SSSR count).